The number of nitrogens with one attached hydrogen (secondary N) is 3. The van der Waals surface area contributed by atoms with Gasteiger partial charge in [0.1, 0.15) is 0 Å². The van der Waals surface area contributed by atoms with Crippen molar-refractivity contribution in [2.75, 3.05) is 24.2 Å². The van der Waals surface area contributed by atoms with Gasteiger partial charge in [0.15, 0.2) is 0 Å². The highest BCUT2D eigenvalue weighted by Crippen LogP contribution is 2.26. The van der Waals surface area contributed by atoms with Gasteiger partial charge in [0.05, 0.1) is 11.4 Å². The first-order valence-electron chi connectivity index (χ1n) is 5.54. The molecule has 0 saturated heterocycles. The predicted molar refractivity (Wildman–Crippen MR) is 75.6 cm³/mol. The van der Waals surface area contributed by atoms with Gasteiger partial charge in [-0.05, 0) is 25.2 Å². The van der Waals surface area contributed by atoms with E-state index in [9.17, 15) is 9.59 Å². The predicted octanol–water partition coefficient (Wildman–Crippen LogP) is 1.96. The molecule has 5 nitrogen and oxygen atoms in total. The van der Waals surface area contributed by atoms with Crippen LogP contribution in [0.25, 0.3) is 0 Å². The van der Waals surface area contributed by atoms with E-state index in [0.29, 0.717) is 24.3 Å². The zero-order valence-corrected chi connectivity index (χ0v) is 11.9. The van der Waals surface area contributed by atoms with E-state index in [-0.39, 0.29) is 11.8 Å². The Balaban J connectivity index is 2.81. The Bertz CT molecular complexity index is 449. The summed E-state index contributed by atoms with van der Waals surface area (Å²) in [4.78, 5) is 22.7. The van der Waals surface area contributed by atoms with E-state index in [2.05, 4.69) is 31.9 Å². The van der Waals surface area contributed by atoms with Gasteiger partial charge in [-0.25, -0.2) is 0 Å². The highest BCUT2D eigenvalue weighted by atomic mass is 79.9. The Morgan fingerprint density at radius 3 is 2.56 bits per heavy atom. The van der Waals surface area contributed by atoms with Gasteiger partial charge in [0.2, 0.25) is 11.8 Å². The lowest BCUT2D eigenvalue weighted by Gasteiger charge is -2.12. The molecule has 3 N–H and O–H groups in total. The molecule has 1 aromatic rings. The molecule has 0 saturated carbocycles. The van der Waals surface area contributed by atoms with E-state index in [4.69, 9.17) is 0 Å². The maximum atomic E-state index is 11.6. The number of carbonyl (C=O) groups is 2. The van der Waals surface area contributed by atoms with Crippen molar-refractivity contribution in [1.82, 2.24) is 5.32 Å². The molecule has 0 bridgehead atoms. The van der Waals surface area contributed by atoms with Gasteiger partial charge in [0.25, 0.3) is 0 Å². The summed E-state index contributed by atoms with van der Waals surface area (Å²) in [7, 11) is 1.79. The van der Waals surface area contributed by atoms with E-state index in [1.807, 2.05) is 0 Å². The maximum absolute atomic E-state index is 11.6. The molecule has 0 aliphatic heterocycles. The van der Waals surface area contributed by atoms with Crippen LogP contribution in [0, 0.1) is 0 Å². The van der Waals surface area contributed by atoms with Crippen molar-refractivity contribution in [3.05, 3.63) is 22.7 Å². The highest BCUT2D eigenvalue weighted by molar-refractivity contribution is 9.10. The van der Waals surface area contributed by atoms with E-state index in [0.717, 1.165) is 4.47 Å². The molecular formula is C12H16BrN3O2. The molecule has 0 spiro atoms. The SMILES string of the molecule is CNCCC(=O)Nc1cc(Br)ccc1NC(C)=O. The van der Waals surface area contributed by atoms with Crippen LogP contribution < -0.4 is 16.0 Å². The van der Waals surface area contributed by atoms with E-state index in [1.165, 1.54) is 6.92 Å². The molecule has 1 rings (SSSR count). The molecule has 0 heterocycles. The third-order valence-corrected chi connectivity index (χ3v) is 2.66. The molecule has 0 aliphatic carbocycles. The Hall–Kier alpha value is -1.40. The molecule has 2 amide bonds. The van der Waals surface area contributed by atoms with Crippen molar-refractivity contribution < 1.29 is 9.59 Å². The highest BCUT2D eigenvalue weighted by Gasteiger charge is 2.08. The average Bonchev–Trinajstić information content (AvgIpc) is 2.29. The Labute approximate surface area is 114 Å². The van der Waals surface area contributed by atoms with Gasteiger partial charge in [-0.3, -0.25) is 9.59 Å². The van der Waals surface area contributed by atoms with Crippen LogP contribution in [-0.2, 0) is 9.59 Å². The van der Waals surface area contributed by atoms with E-state index >= 15 is 0 Å². The summed E-state index contributed by atoms with van der Waals surface area (Å²) in [5.74, 6) is -0.280. The standard InChI is InChI=1S/C12H16BrN3O2/c1-8(17)15-10-4-3-9(13)7-11(10)16-12(18)5-6-14-2/h3-4,7,14H,5-6H2,1-2H3,(H,15,17)(H,16,18). The number of rotatable bonds is 5. The number of benzene rings is 1. The zero-order valence-electron chi connectivity index (χ0n) is 10.3. The molecule has 0 aromatic heterocycles. The molecule has 0 aliphatic rings. The van der Waals surface area contributed by atoms with Crippen molar-refractivity contribution in [2.24, 2.45) is 0 Å². The lowest BCUT2D eigenvalue weighted by atomic mass is 10.2. The summed E-state index contributed by atoms with van der Waals surface area (Å²) in [6.07, 6.45) is 0.378. The van der Waals surface area contributed by atoms with Crippen LogP contribution in [0.5, 0.6) is 0 Å². The second-order valence-corrected chi connectivity index (χ2v) is 4.69. The number of amides is 2. The first kappa shape index (κ1) is 14.7. The van der Waals surface area contributed by atoms with Crippen molar-refractivity contribution in [2.45, 2.75) is 13.3 Å². The molecule has 6 heteroatoms. The summed E-state index contributed by atoms with van der Waals surface area (Å²) >= 11 is 3.33. The molecule has 18 heavy (non-hydrogen) atoms. The van der Waals surface area contributed by atoms with Crippen molar-refractivity contribution in [3.63, 3.8) is 0 Å². The van der Waals surface area contributed by atoms with Gasteiger partial charge < -0.3 is 16.0 Å². The first-order valence-corrected chi connectivity index (χ1v) is 6.34. The fourth-order valence-corrected chi connectivity index (χ4v) is 1.73. The summed E-state index contributed by atoms with van der Waals surface area (Å²) < 4.78 is 0.834. The van der Waals surface area contributed by atoms with Gasteiger partial charge in [0, 0.05) is 24.4 Å². The maximum Gasteiger partial charge on any atom is 0.225 e. The number of hydrogen-bond donors (Lipinski definition) is 3. The number of hydrogen-bond acceptors (Lipinski definition) is 3. The lowest BCUT2D eigenvalue weighted by molar-refractivity contribution is -0.116. The molecular weight excluding hydrogens is 298 g/mol. The molecule has 0 fully saturated rings. The Morgan fingerprint density at radius 2 is 1.94 bits per heavy atom. The molecule has 98 valence electrons. The van der Waals surface area contributed by atoms with Crippen LogP contribution in [-0.4, -0.2) is 25.4 Å². The third kappa shape index (κ3) is 4.85. The van der Waals surface area contributed by atoms with Crippen LogP contribution in [0.3, 0.4) is 0 Å². The second kappa shape index (κ2) is 7.13. The number of carbonyl (C=O) groups excluding carboxylic acids is 2. The number of halogens is 1. The summed E-state index contributed by atoms with van der Waals surface area (Å²) in [5, 5.41) is 8.34. The smallest absolute Gasteiger partial charge is 0.225 e. The largest absolute Gasteiger partial charge is 0.325 e. The fraction of sp³-hybridized carbons (Fsp3) is 0.333. The van der Waals surface area contributed by atoms with Gasteiger partial charge in [-0.2, -0.15) is 0 Å². The van der Waals surface area contributed by atoms with Gasteiger partial charge in [-0.1, -0.05) is 15.9 Å². The summed E-state index contributed by atoms with van der Waals surface area (Å²) in [6, 6.07) is 5.29. The minimum absolute atomic E-state index is 0.103. The van der Waals surface area contributed by atoms with Crippen molar-refractivity contribution in [1.29, 1.82) is 0 Å². The van der Waals surface area contributed by atoms with Crippen LogP contribution in [0.4, 0.5) is 11.4 Å². The normalized spacial score (nSPS) is 9.94. The monoisotopic (exact) mass is 313 g/mol. The summed E-state index contributed by atoms with van der Waals surface area (Å²) in [5.41, 5.74) is 1.17. The van der Waals surface area contributed by atoms with E-state index < -0.39 is 0 Å². The minimum Gasteiger partial charge on any atom is -0.325 e. The van der Waals surface area contributed by atoms with Crippen molar-refractivity contribution in [3.8, 4) is 0 Å². The van der Waals surface area contributed by atoms with Crippen LogP contribution in [0.2, 0.25) is 0 Å². The quantitative estimate of drug-likeness (QED) is 0.778. The van der Waals surface area contributed by atoms with Gasteiger partial charge in [-0.15, -0.1) is 0 Å². The van der Waals surface area contributed by atoms with E-state index in [1.54, 1.807) is 25.2 Å². The van der Waals surface area contributed by atoms with Crippen LogP contribution in [0.1, 0.15) is 13.3 Å². The summed E-state index contributed by atoms with van der Waals surface area (Å²) in [6.45, 7) is 2.03. The average molecular weight is 314 g/mol. The Morgan fingerprint density at radius 1 is 1.22 bits per heavy atom. The minimum atomic E-state index is -0.178. The fourth-order valence-electron chi connectivity index (χ4n) is 1.37. The Kier molecular flexibility index (Phi) is 5.80. The third-order valence-electron chi connectivity index (χ3n) is 2.17. The molecule has 0 radical (unpaired) electrons. The van der Waals surface area contributed by atoms with Crippen molar-refractivity contribution >= 4 is 39.1 Å². The molecule has 1 aromatic carbocycles. The van der Waals surface area contributed by atoms with Crippen LogP contribution >= 0.6 is 15.9 Å². The lowest BCUT2D eigenvalue weighted by Crippen LogP contribution is -2.19. The van der Waals surface area contributed by atoms with Crippen LogP contribution in [0.15, 0.2) is 22.7 Å². The van der Waals surface area contributed by atoms with Gasteiger partial charge >= 0.3 is 0 Å². The zero-order chi connectivity index (χ0) is 13.5. The number of anilines is 2. The topological polar surface area (TPSA) is 70.2 Å². The molecule has 0 atom stereocenters. The first-order chi connectivity index (χ1) is 8.52. The molecule has 0 unspecified atom stereocenters. The second-order valence-electron chi connectivity index (χ2n) is 3.77.